The van der Waals surface area contributed by atoms with Crippen molar-refractivity contribution >= 4 is 11.8 Å². The summed E-state index contributed by atoms with van der Waals surface area (Å²) in [6.07, 6.45) is 5.47. The van der Waals surface area contributed by atoms with Crippen molar-refractivity contribution in [3.63, 3.8) is 0 Å². The Morgan fingerprint density at radius 2 is 1.55 bits per heavy atom. The minimum absolute atomic E-state index is 0.0181. The summed E-state index contributed by atoms with van der Waals surface area (Å²) in [4.78, 5) is 28.1. The Kier molecular flexibility index (Phi) is 8.34. The highest BCUT2D eigenvalue weighted by atomic mass is 16.2. The molecule has 1 atom stereocenters. The summed E-state index contributed by atoms with van der Waals surface area (Å²) in [6, 6.07) is 16.5. The molecular weight excluding hydrogens is 408 g/mol. The molecule has 178 valence electrons. The SMILES string of the molecule is Cc1ccc(CN(C(=O)CCc2ccc(C(C)(C)C)cc2)[C@H](C)C(=O)NC2CCCC2)cc1. The lowest BCUT2D eigenvalue weighted by atomic mass is 9.86. The van der Waals surface area contributed by atoms with Gasteiger partial charge in [0.2, 0.25) is 11.8 Å². The predicted molar refractivity (Wildman–Crippen MR) is 135 cm³/mol. The van der Waals surface area contributed by atoms with Crippen LogP contribution in [-0.2, 0) is 28.0 Å². The van der Waals surface area contributed by atoms with E-state index in [0.29, 0.717) is 19.4 Å². The van der Waals surface area contributed by atoms with Crippen molar-refractivity contribution in [2.45, 2.75) is 97.2 Å². The zero-order chi connectivity index (χ0) is 24.0. The van der Waals surface area contributed by atoms with E-state index in [-0.39, 0.29) is 23.3 Å². The van der Waals surface area contributed by atoms with E-state index < -0.39 is 6.04 Å². The van der Waals surface area contributed by atoms with E-state index in [0.717, 1.165) is 24.0 Å². The Morgan fingerprint density at radius 3 is 2.12 bits per heavy atom. The third-order valence-electron chi connectivity index (χ3n) is 6.79. The molecule has 0 aliphatic heterocycles. The molecule has 0 bridgehead atoms. The van der Waals surface area contributed by atoms with E-state index in [2.05, 4.69) is 69.4 Å². The van der Waals surface area contributed by atoms with E-state index in [1.54, 1.807) is 4.90 Å². The quantitative estimate of drug-likeness (QED) is 0.563. The highest BCUT2D eigenvalue weighted by Gasteiger charge is 2.28. The number of rotatable bonds is 8. The largest absolute Gasteiger partial charge is 0.352 e. The Hall–Kier alpha value is -2.62. The first-order valence-electron chi connectivity index (χ1n) is 12.4. The van der Waals surface area contributed by atoms with Crippen LogP contribution in [0.2, 0.25) is 0 Å². The fraction of sp³-hybridized carbons (Fsp3) is 0.517. The lowest BCUT2D eigenvalue weighted by Crippen LogP contribution is -2.49. The Bertz CT molecular complexity index is 920. The number of amides is 2. The lowest BCUT2D eigenvalue weighted by Gasteiger charge is -2.30. The maximum absolute atomic E-state index is 13.3. The molecule has 0 unspecified atom stereocenters. The van der Waals surface area contributed by atoms with E-state index in [9.17, 15) is 9.59 Å². The third-order valence-corrected chi connectivity index (χ3v) is 6.79. The van der Waals surface area contributed by atoms with Gasteiger partial charge < -0.3 is 10.2 Å². The summed E-state index contributed by atoms with van der Waals surface area (Å²) in [5, 5.41) is 3.17. The molecule has 1 aliphatic rings. The number of nitrogens with zero attached hydrogens (tertiary/aromatic N) is 1. The number of hydrogen-bond acceptors (Lipinski definition) is 2. The van der Waals surface area contributed by atoms with Crippen molar-refractivity contribution in [1.82, 2.24) is 10.2 Å². The van der Waals surface area contributed by atoms with E-state index >= 15 is 0 Å². The molecule has 2 aromatic carbocycles. The number of aryl methyl sites for hydroxylation is 2. The van der Waals surface area contributed by atoms with Gasteiger partial charge in [0.1, 0.15) is 6.04 Å². The van der Waals surface area contributed by atoms with Crippen LogP contribution in [0, 0.1) is 6.92 Å². The molecule has 1 saturated carbocycles. The molecule has 0 heterocycles. The average molecular weight is 449 g/mol. The van der Waals surface area contributed by atoms with E-state index in [1.807, 2.05) is 19.1 Å². The van der Waals surface area contributed by atoms with Crippen LogP contribution in [0.4, 0.5) is 0 Å². The second-order valence-corrected chi connectivity index (χ2v) is 10.6. The van der Waals surface area contributed by atoms with Crippen LogP contribution >= 0.6 is 0 Å². The van der Waals surface area contributed by atoms with Gasteiger partial charge in [-0.2, -0.15) is 0 Å². The zero-order valence-corrected chi connectivity index (χ0v) is 21.0. The Labute approximate surface area is 199 Å². The summed E-state index contributed by atoms with van der Waals surface area (Å²) in [7, 11) is 0. The smallest absolute Gasteiger partial charge is 0.242 e. The van der Waals surface area contributed by atoms with Gasteiger partial charge in [-0.05, 0) is 55.2 Å². The van der Waals surface area contributed by atoms with Gasteiger partial charge in [0, 0.05) is 19.0 Å². The third kappa shape index (κ3) is 7.18. The summed E-state index contributed by atoms with van der Waals surface area (Å²) < 4.78 is 0. The molecule has 1 aliphatic carbocycles. The normalized spacial score (nSPS) is 15.3. The van der Waals surface area contributed by atoms with Gasteiger partial charge in [0.05, 0.1) is 0 Å². The standard InChI is InChI=1S/C29H40N2O2/c1-21-10-12-24(13-11-21)20-31(22(2)28(33)30-26-8-6-7-9-26)27(32)19-16-23-14-17-25(18-15-23)29(3,4)5/h10-15,17-18,22,26H,6-9,16,19-20H2,1-5H3,(H,30,33)/t22-/m1/s1. The molecule has 0 spiro atoms. The molecule has 1 fully saturated rings. The fourth-order valence-electron chi connectivity index (χ4n) is 4.43. The Balaban J connectivity index is 1.69. The van der Waals surface area contributed by atoms with Gasteiger partial charge in [0.15, 0.2) is 0 Å². The lowest BCUT2D eigenvalue weighted by molar-refractivity contribution is -0.140. The number of carbonyl (C=O) groups is 2. The Morgan fingerprint density at radius 1 is 0.970 bits per heavy atom. The predicted octanol–water partition coefficient (Wildman–Crippen LogP) is 5.70. The van der Waals surface area contributed by atoms with Crippen molar-refractivity contribution in [1.29, 1.82) is 0 Å². The van der Waals surface area contributed by atoms with Crippen LogP contribution in [0.3, 0.4) is 0 Å². The van der Waals surface area contributed by atoms with Gasteiger partial charge in [-0.25, -0.2) is 0 Å². The number of benzene rings is 2. The molecule has 4 heteroatoms. The number of hydrogen-bond donors (Lipinski definition) is 1. The maximum Gasteiger partial charge on any atom is 0.242 e. The molecule has 0 aromatic heterocycles. The van der Waals surface area contributed by atoms with Crippen molar-refractivity contribution in [2.75, 3.05) is 0 Å². The van der Waals surface area contributed by atoms with E-state index in [1.165, 1.54) is 24.0 Å². The minimum Gasteiger partial charge on any atom is -0.352 e. The second-order valence-electron chi connectivity index (χ2n) is 10.6. The van der Waals surface area contributed by atoms with E-state index in [4.69, 9.17) is 0 Å². The first-order valence-corrected chi connectivity index (χ1v) is 12.4. The van der Waals surface area contributed by atoms with Gasteiger partial charge >= 0.3 is 0 Å². The van der Waals surface area contributed by atoms with Crippen LogP contribution in [-0.4, -0.2) is 28.8 Å². The second kappa shape index (κ2) is 11.0. The van der Waals surface area contributed by atoms with Crippen LogP contribution in [0.15, 0.2) is 48.5 Å². The first-order chi connectivity index (χ1) is 15.6. The van der Waals surface area contributed by atoms with Crippen molar-refractivity contribution in [3.05, 3.63) is 70.8 Å². The first kappa shape index (κ1) is 25.0. The zero-order valence-electron chi connectivity index (χ0n) is 21.0. The molecular formula is C29H40N2O2. The molecule has 2 amide bonds. The van der Waals surface area contributed by atoms with Crippen molar-refractivity contribution in [3.8, 4) is 0 Å². The van der Waals surface area contributed by atoms with Crippen molar-refractivity contribution in [2.24, 2.45) is 0 Å². The summed E-state index contributed by atoms with van der Waals surface area (Å²) in [5.74, 6) is -0.0264. The highest BCUT2D eigenvalue weighted by molar-refractivity contribution is 5.87. The highest BCUT2D eigenvalue weighted by Crippen LogP contribution is 2.23. The minimum atomic E-state index is -0.498. The maximum atomic E-state index is 13.3. The summed E-state index contributed by atoms with van der Waals surface area (Å²) >= 11 is 0. The molecule has 0 radical (unpaired) electrons. The molecule has 33 heavy (non-hydrogen) atoms. The average Bonchev–Trinajstić information content (AvgIpc) is 3.29. The number of nitrogens with one attached hydrogen (secondary N) is 1. The van der Waals surface area contributed by atoms with Crippen molar-refractivity contribution < 1.29 is 9.59 Å². The molecule has 4 nitrogen and oxygen atoms in total. The molecule has 2 aromatic rings. The summed E-state index contributed by atoms with van der Waals surface area (Å²) in [6.45, 7) is 11.0. The monoisotopic (exact) mass is 448 g/mol. The van der Waals surface area contributed by atoms with Crippen LogP contribution in [0.5, 0.6) is 0 Å². The topological polar surface area (TPSA) is 49.4 Å². The van der Waals surface area contributed by atoms with Gasteiger partial charge in [-0.1, -0.05) is 87.7 Å². The number of carbonyl (C=O) groups excluding carboxylic acids is 2. The van der Waals surface area contributed by atoms with Crippen LogP contribution in [0.25, 0.3) is 0 Å². The van der Waals surface area contributed by atoms with Crippen LogP contribution < -0.4 is 5.32 Å². The molecule has 3 rings (SSSR count). The van der Waals surface area contributed by atoms with Gasteiger partial charge in [-0.15, -0.1) is 0 Å². The fourth-order valence-corrected chi connectivity index (χ4v) is 4.43. The summed E-state index contributed by atoms with van der Waals surface area (Å²) in [5.41, 5.74) is 4.78. The van der Waals surface area contributed by atoms with Crippen LogP contribution in [0.1, 0.15) is 82.1 Å². The van der Waals surface area contributed by atoms with Gasteiger partial charge in [0.25, 0.3) is 0 Å². The van der Waals surface area contributed by atoms with Gasteiger partial charge in [-0.3, -0.25) is 9.59 Å². The molecule has 1 N–H and O–H groups in total. The molecule has 0 saturated heterocycles.